The van der Waals surface area contributed by atoms with E-state index >= 15 is 0 Å². The molecule has 0 atom stereocenters. The van der Waals surface area contributed by atoms with E-state index in [9.17, 15) is 0 Å². The topological polar surface area (TPSA) is 250 Å². The molecule has 0 saturated heterocycles. The van der Waals surface area contributed by atoms with Crippen molar-refractivity contribution in [2.45, 2.75) is 13.8 Å². The second kappa shape index (κ2) is 29.9. The Labute approximate surface area is 377 Å². The molecule has 0 heterocycles. The molecule has 0 aliphatic heterocycles. The Morgan fingerprint density at radius 2 is 0.776 bits per heavy atom. The van der Waals surface area contributed by atoms with Crippen LogP contribution in [0.2, 0.25) is 0 Å². The number of aryl methyl sites for hydroxylation is 2. The molecular formula is C34H36N16S8. The second-order valence-electron chi connectivity index (χ2n) is 10.3. The van der Waals surface area contributed by atoms with E-state index in [-0.39, 0.29) is 0 Å². The number of nitrogens with zero attached hydrogens (tertiary/aromatic N) is 4. The predicted octanol–water partition coefficient (Wildman–Crippen LogP) is 6.94. The third kappa shape index (κ3) is 21.3. The van der Waals surface area contributed by atoms with Gasteiger partial charge in [-0.2, -0.15) is 20.0 Å². The summed E-state index contributed by atoms with van der Waals surface area (Å²) in [4.78, 5) is 15.3. The van der Waals surface area contributed by atoms with Crippen LogP contribution in [0.4, 0.5) is 45.5 Å². The molecule has 0 aliphatic rings. The first-order valence-corrected chi connectivity index (χ1v) is 19.0. The van der Waals surface area contributed by atoms with Gasteiger partial charge in [0.05, 0.1) is 43.4 Å². The number of thiocarbonyl (C=S) groups is 8. The monoisotopic (exact) mass is 924 g/mol. The molecule has 24 heteroatoms. The minimum Gasteiger partial charge on any atom is -0.332 e. The summed E-state index contributed by atoms with van der Waals surface area (Å²) in [7, 11) is 0. The standard InChI is InChI=1S/C9H14N6S2.C9H6N2S2.C8H12N6S2.C8H4N2S2/c1-5-2-3-6(12-8(16)14-10)4-7(5)13-9(17)15-11;1-7-2-3-8(10-5-12)4-9(7)11-6-13;9-13-7(15)11-5-1-2-6(4-3-5)12-8(16)14-10;11-5-9-7-1-2-8(4-3-7)10-6-12/h2-4H,10-11H2,1H3,(H2,12,14,16)(H2,13,15,17);2-4H,1H3;1-4H,9-10H2,(H2,11,13,15)(H2,12,14,16);1-4H. The van der Waals surface area contributed by atoms with Crippen LogP contribution in [-0.4, -0.2) is 41.1 Å². The van der Waals surface area contributed by atoms with Crippen molar-refractivity contribution in [2.24, 2.45) is 43.3 Å². The van der Waals surface area contributed by atoms with Gasteiger partial charge in [0.2, 0.25) is 0 Å². The highest BCUT2D eigenvalue weighted by molar-refractivity contribution is 7.81. The zero-order valence-electron chi connectivity index (χ0n) is 30.4. The molecule has 58 heavy (non-hydrogen) atoms. The number of hydrogen-bond acceptors (Lipinski definition) is 16. The quantitative estimate of drug-likeness (QED) is 0.0370. The number of benzene rings is 4. The Balaban J connectivity index is 0.000000390. The van der Waals surface area contributed by atoms with Crippen molar-refractivity contribution in [1.29, 1.82) is 0 Å². The highest BCUT2D eigenvalue weighted by Crippen LogP contribution is 2.24. The number of hydrazine groups is 4. The fourth-order valence-electron chi connectivity index (χ4n) is 3.73. The maximum absolute atomic E-state index is 5.19. The fourth-order valence-corrected chi connectivity index (χ4v) is 4.61. The minimum atomic E-state index is 0.333. The largest absolute Gasteiger partial charge is 0.332 e. The molecule has 16 nitrogen and oxygen atoms in total. The Bertz CT molecular complexity index is 2140. The van der Waals surface area contributed by atoms with Crippen LogP contribution >= 0.6 is 97.7 Å². The van der Waals surface area contributed by atoms with Gasteiger partial charge in [0.25, 0.3) is 0 Å². The van der Waals surface area contributed by atoms with Gasteiger partial charge in [-0.15, -0.1) is 0 Å². The Kier molecular flexibility index (Phi) is 26.1. The van der Waals surface area contributed by atoms with Crippen molar-refractivity contribution >= 4 is 184 Å². The van der Waals surface area contributed by atoms with Crippen molar-refractivity contribution in [3.8, 4) is 0 Å². The minimum absolute atomic E-state index is 0.333. The van der Waals surface area contributed by atoms with Gasteiger partial charge in [0.15, 0.2) is 20.4 Å². The summed E-state index contributed by atoms with van der Waals surface area (Å²) in [6.07, 6.45) is 0. The molecule has 4 aromatic carbocycles. The summed E-state index contributed by atoms with van der Waals surface area (Å²) in [6.45, 7) is 3.89. The maximum atomic E-state index is 5.19. The van der Waals surface area contributed by atoms with Crippen LogP contribution < -0.4 is 66.3 Å². The number of nitrogens with one attached hydrogen (secondary N) is 8. The lowest BCUT2D eigenvalue weighted by Crippen LogP contribution is -2.35. The highest BCUT2D eigenvalue weighted by Gasteiger charge is 2.03. The molecule has 0 radical (unpaired) electrons. The van der Waals surface area contributed by atoms with E-state index in [4.69, 9.17) is 72.2 Å². The van der Waals surface area contributed by atoms with Crippen LogP contribution in [0.15, 0.2) is 105 Å². The Morgan fingerprint density at radius 1 is 0.431 bits per heavy atom. The smallest absolute Gasteiger partial charge is 0.185 e. The number of isothiocyanates is 4. The SMILES string of the molecule is Cc1ccc(N=C=S)cc1N=C=S.Cc1ccc(NC(=S)NN)cc1NC(=S)NN.NNC(=S)Nc1ccc(NC(=S)NN)cc1.S=C=Nc1ccc(N=C=S)cc1. The molecule has 16 N–H and O–H groups in total. The first-order valence-electron chi connectivity index (χ1n) is 15.7. The molecule has 0 aliphatic carbocycles. The van der Waals surface area contributed by atoms with Crippen LogP contribution in [0.25, 0.3) is 0 Å². The van der Waals surface area contributed by atoms with Crippen LogP contribution in [0.1, 0.15) is 11.1 Å². The van der Waals surface area contributed by atoms with Gasteiger partial charge in [-0.1, -0.05) is 12.1 Å². The molecule has 0 aromatic heterocycles. The lowest BCUT2D eigenvalue weighted by Gasteiger charge is -2.13. The van der Waals surface area contributed by atoms with Crippen molar-refractivity contribution in [2.75, 3.05) is 21.3 Å². The van der Waals surface area contributed by atoms with Crippen LogP contribution in [0.5, 0.6) is 0 Å². The predicted molar refractivity (Wildman–Crippen MR) is 268 cm³/mol. The zero-order chi connectivity index (χ0) is 43.3. The summed E-state index contributed by atoms with van der Waals surface area (Å²) in [6, 6.07) is 25.6. The summed E-state index contributed by atoms with van der Waals surface area (Å²) >= 11 is 37.4. The summed E-state index contributed by atoms with van der Waals surface area (Å²) < 4.78 is 0. The molecule has 4 aromatic rings. The number of aliphatic imine (C=N–C) groups is 4. The fraction of sp³-hybridized carbons (Fsp3) is 0.0588. The van der Waals surface area contributed by atoms with Crippen LogP contribution in [0.3, 0.4) is 0 Å². The van der Waals surface area contributed by atoms with E-state index in [2.05, 4.69) is 132 Å². The third-order valence-electron chi connectivity index (χ3n) is 6.40. The van der Waals surface area contributed by atoms with Crippen LogP contribution in [0, 0.1) is 13.8 Å². The van der Waals surface area contributed by atoms with Gasteiger partial charge < -0.3 is 43.0 Å². The van der Waals surface area contributed by atoms with Crippen LogP contribution in [-0.2, 0) is 0 Å². The first kappa shape index (κ1) is 50.7. The molecule has 4 rings (SSSR count). The normalized spacial score (nSPS) is 8.79. The van der Waals surface area contributed by atoms with E-state index in [1.54, 1.807) is 30.3 Å². The molecule has 0 fully saturated rings. The molecule has 0 spiro atoms. The summed E-state index contributed by atoms with van der Waals surface area (Å²) in [5.74, 6) is 20.6. The third-order valence-corrected chi connectivity index (χ3v) is 7.65. The lowest BCUT2D eigenvalue weighted by molar-refractivity contribution is 1.04. The van der Waals surface area contributed by atoms with Gasteiger partial charge in [0.1, 0.15) is 0 Å². The average molecular weight is 925 g/mol. The Morgan fingerprint density at radius 3 is 1.19 bits per heavy atom. The second-order valence-corrected chi connectivity index (χ2v) is 12.7. The maximum Gasteiger partial charge on any atom is 0.185 e. The van der Waals surface area contributed by atoms with Gasteiger partial charge in [-0.25, -0.2) is 23.4 Å². The lowest BCUT2D eigenvalue weighted by atomic mass is 10.2. The molecule has 0 amide bonds. The highest BCUT2D eigenvalue weighted by atomic mass is 32.1. The zero-order valence-corrected chi connectivity index (χ0v) is 37.0. The van der Waals surface area contributed by atoms with Crippen molar-refractivity contribution in [1.82, 2.24) is 21.7 Å². The molecular weight excluding hydrogens is 889 g/mol. The molecule has 300 valence electrons. The summed E-state index contributed by atoms with van der Waals surface area (Å²) in [5.41, 5.74) is 17.7. The average Bonchev–Trinajstić information content (AvgIpc) is 3.22. The van der Waals surface area contributed by atoms with E-state index in [1.165, 1.54) is 0 Å². The molecule has 0 unspecified atom stereocenters. The van der Waals surface area contributed by atoms with Gasteiger partial charge in [-0.3, -0.25) is 0 Å². The van der Waals surface area contributed by atoms with E-state index < -0.39 is 0 Å². The number of nitrogens with two attached hydrogens (primary N) is 4. The molecule has 0 bridgehead atoms. The van der Waals surface area contributed by atoms with Gasteiger partial charge in [0, 0.05) is 22.7 Å². The van der Waals surface area contributed by atoms with Crippen molar-refractivity contribution in [3.63, 3.8) is 0 Å². The summed E-state index contributed by atoms with van der Waals surface area (Å²) in [5, 5.41) is 22.1. The Hall–Kier alpha value is -5.32. The van der Waals surface area contributed by atoms with Crippen molar-refractivity contribution < 1.29 is 0 Å². The number of rotatable bonds is 8. The van der Waals surface area contributed by atoms with Gasteiger partial charge >= 0.3 is 0 Å². The van der Waals surface area contributed by atoms with Gasteiger partial charge in [-0.05, 0) is 196 Å². The van der Waals surface area contributed by atoms with E-state index in [1.807, 2.05) is 68.4 Å². The first-order chi connectivity index (χ1) is 27.9. The van der Waals surface area contributed by atoms with E-state index in [0.717, 1.165) is 56.6 Å². The number of anilines is 4. The van der Waals surface area contributed by atoms with Crippen molar-refractivity contribution in [3.05, 3.63) is 96.1 Å². The molecule has 0 saturated carbocycles. The van der Waals surface area contributed by atoms with E-state index in [0.29, 0.717) is 20.4 Å². The number of hydrogen-bond donors (Lipinski definition) is 12.